The second-order valence-corrected chi connectivity index (χ2v) is 7.82. The first kappa shape index (κ1) is 25.1. The van der Waals surface area contributed by atoms with Crippen molar-refractivity contribution in [2.45, 2.75) is 33.0 Å². The van der Waals surface area contributed by atoms with Gasteiger partial charge in [-0.05, 0) is 31.1 Å². The van der Waals surface area contributed by atoms with Gasteiger partial charge in [-0.3, -0.25) is 9.89 Å². The molecule has 160 valence electrons. The Balaban J connectivity index is 0.00000392. The molecule has 1 heterocycles. The van der Waals surface area contributed by atoms with Gasteiger partial charge in [0.15, 0.2) is 5.96 Å². The summed E-state index contributed by atoms with van der Waals surface area (Å²) in [4.78, 5) is 9.11. The minimum absolute atomic E-state index is 0. The van der Waals surface area contributed by atoms with Crippen LogP contribution in [-0.2, 0) is 17.8 Å². The van der Waals surface area contributed by atoms with Gasteiger partial charge in [0, 0.05) is 45.8 Å². The van der Waals surface area contributed by atoms with Gasteiger partial charge in [-0.2, -0.15) is 0 Å². The smallest absolute Gasteiger partial charge is 0.191 e. The van der Waals surface area contributed by atoms with Gasteiger partial charge in [-0.25, -0.2) is 0 Å². The van der Waals surface area contributed by atoms with E-state index in [0.717, 1.165) is 51.9 Å². The molecule has 1 unspecified atom stereocenters. The Morgan fingerprint density at radius 1 is 1.18 bits per heavy atom. The van der Waals surface area contributed by atoms with Crippen LogP contribution < -0.4 is 10.6 Å². The number of hydrogen-bond donors (Lipinski definition) is 2. The molecular weight excluding hydrogens is 465 g/mol. The average Bonchev–Trinajstić information content (AvgIpc) is 2.65. The summed E-state index contributed by atoms with van der Waals surface area (Å²) in [5, 5.41) is 6.96. The van der Waals surface area contributed by atoms with E-state index in [1.807, 2.05) is 7.05 Å². The van der Waals surface area contributed by atoms with Gasteiger partial charge in [0.1, 0.15) is 0 Å². The van der Waals surface area contributed by atoms with Crippen LogP contribution in [0, 0.1) is 5.92 Å². The highest BCUT2D eigenvalue weighted by molar-refractivity contribution is 14.0. The van der Waals surface area contributed by atoms with Crippen molar-refractivity contribution in [1.82, 2.24) is 20.4 Å². The summed E-state index contributed by atoms with van der Waals surface area (Å²) in [5.41, 5.74) is 2.60. The van der Waals surface area contributed by atoms with Crippen molar-refractivity contribution >= 4 is 29.9 Å². The average molecular weight is 503 g/mol. The molecule has 0 bridgehead atoms. The third-order valence-electron chi connectivity index (χ3n) is 4.94. The first-order chi connectivity index (χ1) is 13.0. The number of nitrogens with zero attached hydrogens (tertiary/aromatic N) is 3. The highest BCUT2D eigenvalue weighted by atomic mass is 127. The maximum Gasteiger partial charge on any atom is 0.191 e. The summed E-state index contributed by atoms with van der Waals surface area (Å²) in [6, 6.07) is 9.19. The van der Waals surface area contributed by atoms with Crippen molar-refractivity contribution in [1.29, 1.82) is 0 Å². The largest absolute Gasteiger partial charge is 0.379 e. The van der Waals surface area contributed by atoms with E-state index >= 15 is 0 Å². The Kier molecular flexibility index (Phi) is 12.0. The summed E-state index contributed by atoms with van der Waals surface area (Å²) in [6.45, 7) is 10.9. The van der Waals surface area contributed by atoms with Crippen molar-refractivity contribution < 1.29 is 4.74 Å². The standard InChI is InChI=1S/C21H37N5O.HI/c1-17(2)20(26-9-11-27-12-10-26)15-24-21(22-3)23-14-18-7-6-8-19(13-18)16-25(4)5;/h6-8,13,17,20H,9-12,14-16H2,1-5H3,(H2,22,23,24);1H. The molecule has 1 aliphatic heterocycles. The van der Waals surface area contributed by atoms with Gasteiger partial charge >= 0.3 is 0 Å². The van der Waals surface area contributed by atoms with Gasteiger partial charge in [-0.1, -0.05) is 38.1 Å². The van der Waals surface area contributed by atoms with Crippen molar-refractivity contribution in [3.05, 3.63) is 35.4 Å². The van der Waals surface area contributed by atoms with Crippen molar-refractivity contribution in [3.63, 3.8) is 0 Å². The molecule has 0 spiro atoms. The molecule has 1 aromatic rings. The minimum Gasteiger partial charge on any atom is -0.379 e. The summed E-state index contributed by atoms with van der Waals surface area (Å²) in [6.07, 6.45) is 0. The molecular formula is C21H38IN5O. The van der Waals surface area contributed by atoms with Crippen LogP contribution in [0.1, 0.15) is 25.0 Å². The third kappa shape index (κ3) is 8.63. The van der Waals surface area contributed by atoms with Gasteiger partial charge < -0.3 is 20.3 Å². The monoisotopic (exact) mass is 503 g/mol. The molecule has 0 amide bonds. The fraction of sp³-hybridized carbons (Fsp3) is 0.667. The second kappa shape index (κ2) is 13.3. The fourth-order valence-electron chi connectivity index (χ4n) is 3.51. The number of benzene rings is 1. The molecule has 2 N–H and O–H groups in total. The van der Waals surface area contributed by atoms with Gasteiger partial charge in [-0.15, -0.1) is 24.0 Å². The summed E-state index contributed by atoms with van der Waals surface area (Å²) >= 11 is 0. The minimum atomic E-state index is 0. The number of aliphatic imine (C=N–C) groups is 1. The van der Waals surface area contributed by atoms with Crippen molar-refractivity contribution in [2.75, 3.05) is 54.0 Å². The fourth-order valence-corrected chi connectivity index (χ4v) is 3.51. The molecule has 1 atom stereocenters. The Labute approximate surface area is 188 Å². The van der Waals surface area contributed by atoms with Crippen LogP contribution in [-0.4, -0.2) is 75.8 Å². The lowest BCUT2D eigenvalue weighted by atomic mass is 10.0. The van der Waals surface area contributed by atoms with Gasteiger partial charge in [0.05, 0.1) is 13.2 Å². The lowest BCUT2D eigenvalue weighted by Crippen LogP contribution is -2.52. The molecule has 0 radical (unpaired) electrons. The molecule has 0 aliphatic carbocycles. The lowest BCUT2D eigenvalue weighted by Gasteiger charge is -2.37. The van der Waals surface area contributed by atoms with E-state index in [-0.39, 0.29) is 24.0 Å². The third-order valence-corrected chi connectivity index (χ3v) is 4.94. The Bertz CT molecular complexity index is 588. The second-order valence-electron chi connectivity index (χ2n) is 7.82. The predicted molar refractivity (Wildman–Crippen MR) is 128 cm³/mol. The molecule has 28 heavy (non-hydrogen) atoms. The maximum absolute atomic E-state index is 5.50. The number of hydrogen-bond acceptors (Lipinski definition) is 4. The SMILES string of the molecule is CN=C(NCc1cccc(CN(C)C)c1)NCC(C(C)C)N1CCOCC1.I. The van der Waals surface area contributed by atoms with Crippen LogP contribution in [0.25, 0.3) is 0 Å². The summed E-state index contributed by atoms with van der Waals surface area (Å²) < 4.78 is 5.50. The number of nitrogens with one attached hydrogen (secondary N) is 2. The van der Waals surface area contributed by atoms with Crippen LogP contribution in [0.15, 0.2) is 29.3 Å². The van der Waals surface area contributed by atoms with E-state index in [2.05, 4.69) is 77.6 Å². The summed E-state index contributed by atoms with van der Waals surface area (Å²) in [5.74, 6) is 1.43. The van der Waals surface area contributed by atoms with Gasteiger partial charge in [0.2, 0.25) is 0 Å². The van der Waals surface area contributed by atoms with Crippen LogP contribution in [0.3, 0.4) is 0 Å². The molecule has 1 aromatic carbocycles. The lowest BCUT2D eigenvalue weighted by molar-refractivity contribution is 0.00752. The van der Waals surface area contributed by atoms with Crippen molar-refractivity contribution in [2.24, 2.45) is 10.9 Å². The molecule has 0 aromatic heterocycles. The molecule has 7 heteroatoms. The van der Waals surface area contributed by atoms with E-state index in [4.69, 9.17) is 4.74 Å². The topological polar surface area (TPSA) is 52.1 Å². The number of guanidine groups is 1. The Morgan fingerprint density at radius 3 is 2.46 bits per heavy atom. The van der Waals surface area contributed by atoms with E-state index in [1.54, 1.807) is 0 Å². The molecule has 1 fully saturated rings. The molecule has 0 saturated carbocycles. The molecule has 2 rings (SSSR count). The van der Waals surface area contributed by atoms with Crippen LogP contribution >= 0.6 is 24.0 Å². The maximum atomic E-state index is 5.50. The zero-order chi connectivity index (χ0) is 19.6. The highest BCUT2D eigenvalue weighted by Gasteiger charge is 2.23. The van der Waals surface area contributed by atoms with Crippen LogP contribution in [0.5, 0.6) is 0 Å². The normalized spacial score (nSPS) is 16.8. The van der Waals surface area contributed by atoms with Gasteiger partial charge in [0.25, 0.3) is 0 Å². The van der Waals surface area contributed by atoms with E-state index < -0.39 is 0 Å². The summed E-state index contributed by atoms with van der Waals surface area (Å²) in [7, 11) is 6.02. The number of rotatable bonds is 8. The number of halogens is 1. The first-order valence-corrected chi connectivity index (χ1v) is 9.98. The zero-order valence-corrected chi connectivity index (χ0v) is 20.4. The van der Waals surface area contributed by atoms with Crippen LogP contribution in [0.2, 0.25) is 0 Å². The van der Waals surface area contributed by atoms with Crippen LogP contribution in [0.4, 0.5) is 0 Å². The van der Waals surface area contributed by atoms with E-state index in [9.17, 15) is 0 Å². The Morgan fingerprint density at radius 2 is 1.86 bits per heavy atom. The van der Waals surface area contributed by atoms with E-state index in [0.29, 0.717) is 12.0 Å². The van der Waals surface area contributed by atoms with E-state index in [1.165, 1.54) is 11.1 Å². The first-order valence-electron chi connectivity index (χ1n) is 9.98. The predicted octanol–water partition coefficient (Wildman–Crippen LogP) is 2.39. The quantitative estimate of drug-likeness (QED) is 0.324. The molecule has 1 aliphatic rings. The number of ether oxygens (including phenoxy) is 1. The molecule has 6 nitrogen and oxygen atoms in total. The van der Waals surface area contributed by atoms with Crippen molar-refractivity contribution in [3.8, 4) is 0 Å². The molecule has 1 saturated heterocycles. The number of morpholine rings is 1. The highest BCUT2D eigenvalue weighted by Crippen LogP contribution is 2.12. The Hall–Kier alpha value is -0.900. The zero-order valence-electron chi connectivity index (χ0n) is 18.1.